The van der Waals surface area contributed by atoms with Gasteiger partial charge in [0.2, 0.25) is 0 Å². The first-order valence-corrected chi connectivity index (χ1v) is 10.0. The Morgan fingerprint density at radius 3 is 2.42 bits per heavy atom. The number of aromatic nitrogens is 2. The molecule has 1 N–H and O–H groups in total. The molecule has 0 aliphatic carbocycles. The average Bonchev–Trinajstić information content (AvgIpc) is 3.05. The summed E-state index contributed by atoms with van der Waals surface area (Å²) in [5.41, 5.74) is 3.43. The number of carbonyl (C=O) groups is 2. The van der Waals surface area contributed by atoms with Gasteiger partial charge in [0.25, 0.3) is 5.91 Å². The Hall–Kier alpha value is -3.93. The van der Waals surface area contributed by atoms with E-state index >= 15 is 0 Å². The molecule has 0 unspecified atom stereocenters. The van der Waals surface area contributed by atoms with Gasteiger partial charge in [-0.05, 0) is 42.3 Å². The van der Waals surface area contributed by atoms with Crippen LogP contribution in [0.15, 0.2) is 72.8 Å². The van der Waals surface area contributed by atoms with Crippen molar-refractivity contribution in [2.75, 3.05) is 11.9 Å². The number of hydrogen-bond donors (Lipinski definition) is 1. The summed E-state index contributed by atoms with van der Waals surface area (Å²) < 4.78 is 7.04. The van der Waals surface area contributed by atoms with E-state index in [1.54, 1.807) is 11.6 Å². The maximum Gasteiger partial charge on any atom is 0.342 e. The second kappa shape index (κ2) is 8.83. The Kier molecular flexibility index (Phi) is 5.80. The number of fused-ring (bicyclic) bond motifs is 1. The van der Waals surface area contributed by atoms with Gasteiger partial charge < -0.3 is 10.1 Å². The summed E-state index contributed by atoms with van der Waals surface area (Å²) in [6, 6.07) is 23.4. The first-order valence-electron chi connectivity index (χ1n) is 10.0. The number of rotatable bonds is 6. The molecule has 31 heavy (non-hydrogen) atoms. The molecule has 0 bridgehead atoms. The predicted octanol–water partition coefficient (Wildman–Crippen LogP) is 4.50. The van der Waals surface area contributed by atoms with E-state index in [1.807, 2.05) is 79.7 Å². The van der Waals surface area contributed by atoms with Crippen LogP contribution >= 0.6 is 0 Å². The van der Waals surface area contributed by atoms with Gasteiger partial charge in [-0.15, -0.1) is 0 Å². The minimum absolute atomic E-state index is 0.367. The molecule has 0 saturated carbocycles. The van der Waals surface area contributed by atoms with Gasteiger partial charge in [-0.25, -0.2) is 4.79 Å². The lowest BCUT2D eigenvalue weighted by Crippen LogP contribution is -2.21. The standard InChI is InChI=1S/C25H23N3O3/c1-17-24(18(2)28(27-17)15-19-8-4-3-5-9-19)25(30)31-16-23(29)26-22-13-12-20-10-6-7-11-21(20)14-22/h3-14H,15-16H2,1-2H3,(H,26,29). The van der Waals surface area contributed by atoms with E-state index in [0.29, 0.717) is 29.2 Å². The lowest BCUT2D eigenvalue weighted by Gasteiger charge is -2.08. The topological polar surface area (TPSA) is 73.2 Å². The van der Waals surface area contributed by atoms with Gasteiger partial charge in [-0.2, -0.15) is 5.10 Å². The molecule has 0 aliphatic heterocycles. The molecule has 0 aliphatic rings. The zero-order chi connectivity index (χ0) is 21.8. The maximum absolute atomic E-state index is 12.6. The van der Waals surface area contributed by atoms with Crippen LogP contribution in [0.2, 0.25) is 0 Å². The van der Waals surface area contributed by atoms with Gasteiger partial charge in [0.15, 0.2) is 6.61 Å². The van der Waals surface area contributed by atoms with Crippen LogP contribution in [0, 0.1) is 13.8 Å². The summed E-state index contributed by atoms with van der Waals surface area (Å²) in [5.74, 6) is -0.946. The number of nitrogens with zero attached hydrogens (tertiary/aromatic N) is 2. The van der Waals surface area contributed by atoms with Crippen molar-refractivity contribution in [3.63, 3.8) is 0 Å². The molecule has 4 aromatic rings. The van der Waals surface area contributed by atoms with E-state index in [0.717, 1.165) is 16.3 Å². The summed E-state index contributed by atoms with van der Waals surface area (Å²) in [4.78, 5) is 24.9. The van der Waals surface area contributed by atoms with Gasteiger partial charge in [0.1, 0.15) is 5.56 Å². The maximum atomic E-state index is 12.6. The number of amides is 1. The fraction of sp³-hybridized carbons (Fsp3) is 0.160. The van der Waals surface area contributed by atoms with Crippen LogP contribution in [0.3, 0.4) is 0 Å². The minimum atomic E-state index is -0.553. The number of ether oxygens (including phenoxy) is 1. The van der Waals surface area contributed by atoms with Crippen molar-refractivity contribution in [1.29, 1.82) is 0 Å². The number of benzene rings is 3. The van der Waals surface area contributed by atoms with E-state index in [1.165, 1.54) is 0 Å². The van der Waals surface area contributed by atoms with Crippen LogP contribution in [0.25, 0.3) is 10.8 Å². The Morgan fingerprint density at radius 1 is 0.935 bits per heavy atom. The third kappa shape index (κ3) is 4.64. The van der Waals surface area contributed by atoms with Gasteiger partial charge in [-0.3, -0.25) is 9.48 Å². The quantitative estimate of drug-likeness (QED) is 0.473. The van der Waals surface area contributed by atoms with Crippen molar-refractivity contribution >= 4 is 28.3 Å². The summed E-state index contributed by atoms with van der Waals surface area (Å²) in [5, 5.41) is 9.35. The summed E-state index contributed by atoms with van der Waals surface area (Å²) >= 11 is 0. The summed E-state index contributed by atoms with van der Waals surface area (Å²) in [6.07, 6.45) is 0. The fourth-order valence-corrected chi connectivity index (χ4v) is 3.57. The minimum Gasteiger partial charge on any atom is -0.452 e. The zero-order valence-electron chi connectivity index (χ0n) is 17.5. The van der Waals surface area contributed by atoms with E-state index in [9.17, 15) is 9.59 Å². The molecule has 0 spiro atoms. The lowest BCUT2D eigenvalue weighted by molar-refractivity contribution is -0.119. The second-order valence-electron chi connectivity index (χ2n) is 7.38. The molecule has 0 atom stereocenters. The van der Waals surface area contributed by atoms with Gasteiger partial charge in [0.05, 0.1) is 17.9 Å². The van der Waals surface area contributed by atoms with Crippen LogP contribution < -0.4 is 5.32 Å². The second-order valence-corrected chi connectivity index (χ2v) is 7.38. The molecule has 6 nitrogen and oxygen atoms in total. The summed E-state index contributed by atoms with van der Waals surface area (Å²) in [7, 11) is 0. The molecule has 1 amide bonds. The highest BCUT2D eigenvalue weighted by atomic mass is 16.5. The number of carbonyl (C=O) groups excluding carboxylic acids is 2. The largest absolute Gasteiger partial charge is 0.452 e. The van der Waals surface area contributed by atoms with Crippen molar-refractivity contribution in [3.05, 3.63) is 95.3 Å². The third-order valence-corrected chi connectivity index (χ3v) is 5.13. The van der Waals surface area contributed by atoms with Crippen molar-refractivity contribution in [1.82, 2.24) is 9.78 Å². The third-order valence-electron chi connectivity index (χ3n) is 5.13. The van der Waals surface area contributed by atoms with Crippen molar-refractivity contribution in [2.24, 2.45) is 0 Å². The number of anilines is 1. The Morgan fingerprint density at radius 2 is 1.65 bits per heavy atom. The average molecular weight is 413 g/mol. The van der Waals surface area contributed by atoms with Crippen molar-refractivity contribution in [3.8, 4) is 0 Å². The van der Waals surface area contributed by atoms with Crippen LogP contribution in [-0.4, -0.2) is 28.3 Å². The first-order chi connectivity index (χ1) is 15.0. The van der Waals surface area contributed by atoms with Crippen LogP contribution in [-0.2, 0) is 16.1 Å². The highest BCUT2D eigenvalue weighted by Crippen LogP contribution is 2.19. The van der Waals surface area contributed by atoms with Crippen LogP contribution in [0.1, 0.15) is 27.3 Å². The molecule has 4 rings (SSSR count). The number of aryl methyl sites for hydroxylation is 1. The number of nitrogens with one attached hydrogen (secondary N) is 1. The van der Waals surface area contributed by atoms with E-state index in [-0.39, 0.29) is 6.61 Å². The SMILES string of the molecule is Cc1nn(Cc2ccccc2)c(C)c1C(=O)OCC(=O)Nc1ccc2ccccc2c1. The van der Waals surface area contributed by atoms with Gasteiger partial charge in [-0.1, -0.05) is 60.7 Å². The molecule has 0 saturated heterocycles. The van der Waals surface area contributed by atoms with Gasteiger partial charge >= 0.3 is 5.97 Å². The Bertz CT molecular complexity index is 1250. The monoisotopic (exact) mass is 413 g/mol. The Balaban J connectivity index is 1.39. The number of hydrogen-bond acceptors (Lipinski definition) is 4. The highest BCUT2D eigenvalue weighted by Gasteiger charge is 2.21. The van der Waals surface area contributed by atoms with Crippen LogP contribution in [0.4, 0.5) is 5.69 Å². The molecule has 1 aromatic heterocycles. The molecule has 1 heterocycles. The molecular formula is C25H23N3O3. The summed E-state index contributed by atoms with van der Waals surface area (Å²) in [6.45, 7) is 3.78. The number of esters is 1. The lowest BCUT2D eigenvalue weighted by atomic mass is 10.1. The van der Waals surface area contributed by atoms with Crippen LogP contribution in [0.5, 0.6) is 0 Å². The fourth-order valence-electron chi connectivity index (χ4n) is 3.57. The normalized spacial score (nSPS) is 10.8. The van der Waals surface area contributed by atoms with Gasteiger partial charge in [0, 0.05) is 5.69 Å². The predicted molar refractivity (Wildman–Crippen MR) is 120 cm³/mol. The first kappa shape index (κ1) is 20.3. The molecule has 156 valence electrons. The molecule has 0 fully saturated rings. The zero-order valence-corrected chi connectivity index (χ0v) is 17.5. The van der Waals surface area contributed by atoms with E-state index in [2.05, 4.69) is 10.4 Å². The molecule has 6 heteroatoms. The van der Waals surface area contributed by atoms with E-state index in [4.69, 9.17) is 4.74 Å². The highest BCUT2D eigenvalue weighted by molar-refractivity contribution is 5.97. The smallest absolute Gasteiger partial charge is 0.342 e. The Labute approximate surface area is 180 Å². The molecule has 3 aromatic carbocycles. The molecule has 0 radical (unpaired) electrons. The van der Waals surface area contributed by atoms with Crippen molar-refractivity contribution in [2.45, 2.75) is 20.4 Å². The van der Waals surface area contributed by atoms with E-state index < -0.39 is 11.9 Å². The molecular weight excluding hydrogens is 390 g/mol. The van der Waals surface area contributed by atoms with Crippen molar-refractivity contribution < 1.29 is 14.3 Å².